The van der Waals surface area contributed by atoms with Crippen LogP contribution in [0.4, 0.5) is 18.9 Å². The number of fused-ring (bicyclic) bond motifs is 2. The van der Waals surface area contributed by atoms with E-state index in [-0.39, 0.29) is 28.3 Å². The van der Waals surface area contributed by atoms with E-state index in [0.29, 0.717) is 24.1 Å². The molecule has 2 aliphatic rings. The number of anilines is 1. The summed E-state index contributed by atoms with van der Waals surface area (Å²) in [6.07, 6.45) is -3.32. The predicted molar refractivity (Wildman–Crippen MR) is 94.7 cm³/mol. The zero-order valence-electron chi connectivity index (χ0n) is 15.1. The molecule has 0 saturated heterocycles. The number of aromatic carboxylic acids is 1. The van der Waals surface area contributed by atoms with Gasteiger partial charge in [0.15, 0.2) is 0 Å². The van der Waals surface area contributed by atoms with Gasteiger partial charge in [0.05, 0.1) is 23.7 Å². The summed E-state index contributed by atoms with van der Waals surface area (Å²) >= 11 is 0. The number of rotatable bonds is 3. The molecule has 8 heteroatoms. The van der Waals surface area contributed by atoms with E-state index in [2.05, 4.69) is 0 Å². The number of carbonyl (C=O) groups excluding carboxylic acids is 1. The Morgan fingerprint density at radius 3 is 2.39 bits per heavy atom. The van der Waals surface area contributed by atoms with Gasteiger partial charge in [-0.15, -0.1) is 0 Å². The number of methoxy groups -OCH3 is 1. The van der Waals surface area contributed by atoms with Gasteiger partial charge in [-0.25, -0.2) is 4.79 Å². The number of hydrogen-bond acceptors (Lipinski definition) is 3. The molecule has 28 heavy (non-hydrogen) atoms. The second-order valence-electron chi connectivity index (χ2n) is 7.08. The third-order valence-electron chi connectivity index (χ3n) is 5.52. The summed E-state index contributed by atoms with van der Waals surface area (Å²) in [6, 6.07) is 5.83. The molecule has 0 bridgehead atoms. The van der Waals surface area contributed by atoms with Crippen LogP contribution in [0.2, 0.25) is 0 Å². The maximum Gasteiger partial charge on any atom is 0.416 e. The Kier molecular flexibility index (Phi) is 3.75. The molecular formula is C20H16F3NO4. The first kappa shape index (κ1) is 18.3. The van der Waals surface area contributed by atoms with Gasteiger partial charge in [-0.3, -0.25) is 4.79 Å². The molecule has 1 aliphatic heterocycles. The molecule has 0 unspecified atom stereocenters. The second-order valence-corrected chi connectivity index (χ2v) is 7.08. The molecule has 1 heterocycles. The fraction of sp³-hybridized carbons (Fsp3) is 0.300. The topological polar surface area (TPSA) is 66.8 Å². The number of nitrogens with zero attached hydrogens (tertiary/aromatic N) is 1. The molecule has 1 aliphatic carbocycles. The lowest BCUT2D eigenvalue weighted by Gasteiger charge is -2.17. The lowest BCUT2D eigenvalue weighted by molar-refractivity contribution is -0.137. The molecule has 4 rings (SSSR count). The smallest absolute Gasteiger partial charge is 0.416 e. The minimum atomic E-state index is -4.59. The SMILES string of the molecule is COc1ccc(C(F)(F)F)cc1-c1cc2c(cc1C(=O)O)N(C)C(=O)C21CC1. The number of amides is 1. The van der Waals surface area contributed by atoms with E-state index in [1.807, 2.05) is 0 Å². The van der Waals surface area contributed by atoms with Crippen molar-refractivity contribution in [1.29, 1.82) is 0 Å². The Balaban J connectivity index is 2.00. The number of halogens is 3. The predicted octanol–water partition coefficient (Wildman–Crippen LogP) is 4.09. The van der Waals surface area contributed by atoms with Crippen LogP contribution in [0, 0.1) is 0 Å². The Morgan fingerprint density at radius 1 is 1.18 bits per heavy atom. The van der Waals surface area contributed by atoms with Gasteiger partial charge in [-0.2, -0.15) is 13.2 Å². The van der Waals surface area contributed by atoms with Crippen LogP contribution in [0.25, 0.3) is 11.1 Å². The molecule has 2 aromatic carbocycles. The minimum Gasteiger partial charge on any atom is -0.496 e. The number of likely N-dealkylation sites (N-methyl/N-ethyl adjacent to an activating group) is 1. The summed E-state index contributed by atoms with van der Waals surface area (Å²) in [7, 11) is 2.88. The van der Waals surface area contributed by atoms with E-state index in [4.69, 9.17) is 4.74 Å². The van der Waals surface area contributed by atoms with Crippen LogP contribution in [-0.4, -0.2) is 31.1 Å². The molecule has 2 aromatic rings. The zero-order chi connectivity index (χ0) is 20.4. The normalized spacial score (nSPS) is 17.0. The van der Waals surface area contributed by atoms with Crippen molar-refractivity contribution in [3.05, 3.63) is 47.0 Å². The zero-order valence-corrected chi connectivity index (χ0v) is 15.1. The van der Waals surface area contributed by atoms with Gasteiger partial charge in [0.1, 0.15) is 5.75 Å². The highest BCUT2D eigenvalue weighted by Gasteiger charge is 2.58. The molecule has 0 radical (unpaired) electrons. The Morgan fingerprint density at radius 2 is 1.86 bits per heavy atom. The molecular weight excluding hydrogens is 375 g/mol. The van der Waals surface area contributed by atoms with Crippen molar-refractivity contribution < 1.29 is 32.6 Å². The average Bonchev–Trinajstić information content (AvgIpc) is 3.43. The van der Waals surface area contributed by atoms with Gasteiger partial charge >= 0.3 is 12.1 Å². The number of hydrogen-bond donors (Lipinski definition) is 1. The molecule has 1 amide bonds. The van der Waals surface area contributed by atoms with Crippen molar-refractivity contribution in [3.63, 3.8) is 0 Å². The summed E-state index contributed by atoms with van der Waals surface area (Å²) in [4.78, 5) is 25.9. The second kappa shape index (κ2) is 5.73. The Bertz CT molecular complexity index is 1020. The third-order valence-corrected chi connectivity index (χ3v) is 5.52. The van der Waals surface area contributed by atoms with Gasteiger partial charge < -0.3 is 14.7 Å². The highest BCUT2D eigenvalue weighted by Crippen LogP contribution is 2.58. The van der Waals surface area contributed by atoms with Crippen molar-refractivity contribution in [2.75, 3.05) is 19.1 Å². The number of carbonyl (C=O) groups is 2. The highest BCUT2D eigenvalue weighted by molar-refractivity contribution is 6.12. The lowest BCUT2D eigenvalue weighted by atomic mass is 9.89. The molecule has 1 spiro atoms. The average molecular weight is 391 g/mol. The van der Waals surface area contributed by atoms with Crippen LogP contribution in [0.5, 0.6) is 5.75 Å². The van der Waals surface area contributed by atoms with E-state index >= 15 is 0 Å². The minimum absolute atomic E-state index is 0.0235. The van der Waals surface area contributed by atoms with Crippen LogP contribution >= 0.6 is 0 Å². The summed E-state index contributed by atoms with van der Waals surface area (Å²) < 4.78 is 44.9. The maximum atomic E-state index is 13.2. The van der Waals surface area contributed by atoms with Gasteiger partial charge in [0.25, 0.3) is 0 Å². The Hall–Kier alpha value is -3.03. The van der Waals surface area contributed by atoms with Crippen molar-refractivity contribution in [1.82, 2.24) is 0 Å². The monoisotopic (exact) mass is 391 g/mol. The van der Waals surface area contributed by atoms with Gasteiger partial charge in [0.2, 0.25) is 5.91 Å². The quantitative estimate of drug-likeness (QED) is 0.856. The summed E-state index contributed by atoms with van der Waals surface area (Å²) in [5.41, 5.74) is -0.527. The van der Waals surface area contributed by atoms with Gasteiger partial charge in [-0.1, -0.05) is 0 Å². The van der Waals surface area contributed by atoms with E-state index in [0.717, 1.165) is 12.1 Å². The van der Waals surface area contributed by atoms with E-state index in [9.17, 15) is 27.9 Å². The number of alkyl halides is 3. The molecule has 1 fully saturated rings. The van der Waals surface area contributed by atoms with Crippen molar-refractivity contribution in [2.45, 2.75) is 24.4 Å². The summed E-state index contributed by atoms with van der Waals surface area (Å²) in [5.74, 6) is -1.29. The first-order chi connectivity index (χ1) is 13.1. The lowest BCUT2D eigenvalue weighted by Crippen LogP contribution is -2.27. The fourth-order valence-corrected chi connectivity index (χ4v) is 3.90. The number of carboxylic acids is 1. The first-order valence-electron chi connectivity index (χ1n) is 8.56. The van der Waals surface area contributed by atoms with Crippen LogP contribution in [0.1, 0.15) is 34.3 Å². The van der Waals surface area contributed by atoms with Crippen LogP contribution < -0.4 is 9.64 Å². The number of benzene rings is 2. The number of ether oxygens (including phenoxy) is 1. The fourth-order valence-electron chi connectivity index (χ4n) is 3.90. The first-order valence-corrected chi connectivity index (χ1v) is 8.56. The van der Waals surface area contributed by atoms with Crippen LogP contribution in [0.3, 0.4) is 0 Å². The molecule has 0 atom stereocenters. The summed E-state index contributed by atoms with van der Waals surface area (Å²) in [5, 5.41) is 9.68. The molecule has 1 N–H and O–H groups in total. The molecule has 1 saturated carbocycles. The molecule has 0 aromatic heterocycles. The standard InChI is InChI=1S/C20H16F3NO4/c1-24-15-9-13(17(25)26)11(8-14(15)19(5-6-19)18(24)27)12-7-10(20(21,22)23)3-4-16(12)28-2/h3-4,7-9H,5-6H2,1-2H3,(H,25,26). The summed E-state index contributed by atoms with van der Waals surface area (Å²) in [6.45, 7) is 0. The van der Waals surface area contributed by atoms with Crippen LogP contribution in [0.15, 0.2) is 30.3 Å². The highest BCUT2D eigenvalue weighted by atomic mass is 19.4. The van der Waals surface area contributed by atoms with Crippen molar-refractivity contribution in [3.8, 4) is 16.9 Å². The third kappa shape index (κ3) is 2.47. The number of carboxylic acid groups (broad SMARTS) is 1. The van der Waals surface area contributed by atoms with Gasteiger partial charge in [-0.05, 0) is 48.7 Å². The molecule has 5 nitrogen and oxygen atoms in total. The Labute approximate surface area is 158 Å². The van der Waals surface area contributed by atoms with Crippen LogP contribution in [-0.2, 0) is 16.4 Å². The van der Waals surface area contributed by atoms with E-state index in [1.165, 1.54) is 30.2 Å². The molecule has 146 valence electrons. The van der Waals surface area contributed by atoms with Crippen molar-refractivity contribution in [2.24, 2.45) is 0 Å². The van der Waals surface area contributed by atoms with Crippen molar-refractivity contribution >= 4 is 17.6 Å². The largest absolute Gasteiger partial charge is 0.496 e. The van der Waals surface area contributed by atoms with E-state index in [1.54, 1.807) is 7.05 Å². The van der Waals surface area contributed by atoms with Gasteiger partial charge in [0, 0.05) is 23.9 Å². The van der Waals surface area contributed by atoms with E-state index < -0.39 is 23.1 Å². The maximum absolute atomic E-state index is 13.2.